The summed E-state index contributed by atoms with van der Waals surface area (Å²) in [5.74, 6) is -3.04. The molecule has 2 aromatic heterocycles. The molecule has 55 heavy (non-hydrogen) atoms. The predicted molar refractivity (Wildman–Crippen MR) is 188 cm³/mol. The number of ketones is 1. The highest BCUT2D eigenvalue weighted by Crippen LogP contribution is 2.41. The summed E-state index contributed by atoms with van der Waals surface area (Å²) < 4.78 is 45.6. The smallest absolute Gasteiger partial charge is 0.354 e. The van der Waals surface area contributed by atoms with Gasteiger partial charge in [-0.05, 0) is 63.3 Å². The number of carbonyl (C=O) groups excluding carboxylic acids is 3. The van der Waals surface area contributed by atoms with E-state index in [4.69, 9.17) is 30.9 Å². The number of benzene rings is 1. The lowest BCUT2D eigenvalue weighted by Gasteiger charge is -2.51. The second kappa shape index (κ2) is 17.1. The van der Waals surface area contributed by atoms with Gasteiger partial charge < -0.3 is 45.7 Å². The molecule has 3 aromatic rings. The lowest BCUT2D eigenvalue weighted by molar-refractivity contribution is -0.682. The van der Waals surface area contributed by atoms with Crippen molar-refractivity contribution in [3.63, 3.8) is 0 Å². The first-order valence-electron chi connectivity index (χ1n) is 16.6. The van der Waals surface area contributed by atoms with Crippen LogP contribution in [0.5, 0.6) is 5.75 Å². The number of aliphatic carboxylic acids is 1. The fourth-order valence-electron chi connectivity index (χ4n) is 5.97. The highest BCUT2D eigenvalue weighted by atomic mass is 32.3. The van der Waals surface area contributed by atoms with E-state index in [1.54, 1.807) is 12.3 Å². The van der Waals surface area contributed by atoms with Crippen LogP contribution in [0.4, 0.5) is 5.13 Å². The molecule has 20 nitrogen and oxygen atoms in total. The Bertz CT molecular complexity index is 2070. The number of amides is 1. The van der Waals surface area contributed by atoms with Crippen molar-refractivity contribution >= 4 is 56.7 Å². The molecule has 298 valence electrons. The summed E-state index contributed by atoms with van der Waals surface area (Å²) >= 11 is 0.982. The van der Waals surface area contributed by atoms with Gasteiger partial charge in [-0.25, -0.2) is 22.8 Å². The number of fused-ring (bicyclic) bond motifs is 1. The van der Waals surface area contributed by atoms with Gasteiger partial charge in [0.05, 0.1) is 36.6 Å². The number of carboxylic acid groups (broad SMARTS) is 2. The van der Waals surface area contributed by atoms with Crippen molar-refractivity contribution in [3.8, 4) is 16.9 Å². The number of thiazole rings is 1. The second-order valence-electron chi connectivity index (χ2n) is 13.3. The number of hydroxylamine groups is 2. The molecule has 1 saturated heterocycles. The van der Waals surface area contributed by atoms with Gasteiger partial charge in [0.15, 0.2) is 28.9 Å². The molecule has 5 rings (SSSR count). The quantitative estimate of drug-likeness (QED) is 0.0266. The van der Waals surface area contributed by atoms with Crippen LogP contribution in [0.25, 0.3) is 11.1 Å². The van der Waals surface area contributed by atoms with E-state index in [-0.39, 0.29) is 23.8 Å². The van der Waals surface area contributed by atoms with Crippen LogP contribution < -0.4 is 25.9 Å². The van der Waals surface area contributed by atoms with E-state index in [1.165, 1.54) is 26.2 Å². The lowest BCUT2D eigenvalue weighted by atomic mass is 9.74. The minimum Gasteiger partial charge on any atom is -0.724 e. The Balaban J connectivity index is 0.00000217. The Morgan fingerprint density at radius 2 is 2.02 bits per heavy atom. The number of carboxylic acids is 1. The van der Waals surface area contributed by atoms with Crippen molar-refractivity contribution < 1.29 is 65.9 Å². The van der Waals surface area contributed by atoms with Crippen LogP contribution in [0.3, 0.4) is 0 Å². The van der Waals surface area contributed by atoms with Gasteiger partial charge in [0, 0.05) is 24.8 Å². The standard InChI is InChI=1S/C32H39N7O11S2.CH2O2/c1-31(2)21(28(42)39(31)50-52(45,46)47)12-23(41)27(22-16-51-30(34)36-22)37-49-32(3,29(43)44)25-9-6-18-11-17(5-8-24(18)48-25)19-14-35-26(38(4)15-19)10-7-20(40)13-33;2-1-3/h5,8,11,14-16,20-21,25,40H,6-7,9-10,12-13,33H2,1-4H3,(H3-,34,36,43,44,45,46,47);1H,(H,2,3)/p-1/b37-27-;/t20-,21+,25+,32-;/m0./s1. The molecule has 1 aromatic carbocycles. The van der Waals surface area contributed by atoms with Crippen LogP contribution in [0.15, 0.2) is 41.1 Å². The average Bonchev–Trinajstić information content (AvgIpc) is 3.56. The van der Waals surface area contributed by atoms with Crippen molar-refractivity contribution in [2.45, 2.75) is 76.2 Å². The Kier molecular flexibility index (Phi) is 13.3. The number of ether oxygens (including phenoxy) is 1. The van der Waals surface area contributed by atoms with E-state index < -0.39 is 75.9 Å². The second-order valence-corrected chi connectivity index (χ2v) is 15.2. The number of aliphatic hydroxyl groups excluding tert-OH is 1. The molecule has 1 amide bonds. The summed E-state index contributed by atoms with van der Waals surface area (Å²) in [6.45, 7) is 3.74. The minimum absolute atomic E-state index is 0.0356. The van der Waals surface area contributed by atoms with Gasteiger partial charge in [-0.3, -0.25) is 9.59 Å². The molecule has 0 aliphatic carbocycles. The monoisotopic (exact) mass is 806 g/mol. The van der Waals surface area contributed by atoms with E-state index in [2.05, 4.69) is 19.4 Å². The number of oxime groups is 1. The Labute approximate surface area is 319 Å². The molecule has 22 heteroatoms. The topological polar surface area (TPSA) is 314 Å². The van der Waals surface area contributed by atoms with Gasteiger partial charge in [-0.1, -0.05) is 16.2 Å². The van der Waals surface area contributed by atoms with Crippen LogP contribution in [-0.2, 0) is 58.6 Å². The van der Waals surface area contributed by atoms with Crippen molar-refractivity contribution in [1.29, 1.82) is 0 Å². The molecule has 0 bridgehead atoms. The van der Waals surface area contributed by atoms with E-state index in [9.17, 15) is 37.6 Å². The largest absolute Gasteiger partial charge is 0.724 e. The van der Waals surface area contributed by atoms with E-state index in [1.807, 2.05) is 29.9 Å². The van der Waals surface area contributed by atoms with Gasteiger partial charge in [0.25, 0.3) is 17.3 Å². The first-order valence-corrected chi connectivity index (χ1v) is 18.8. The molecule has 0 radical (unpaired) electrons. The van der Waals surface area contributed by atoms with Gasteiger partial charge >= 0.3 is 5.97 Å². The number of nitrogens with zero attached hydrogens (tertiary/aromatic N) is 5. The summed E-state index contributed by atoms with van der Waals surface area (Å²) in [7, 11) is -3.39. The summed E-state index contributed by atoms with van der Waals surface area (Å²) in [4.78, 5) is 61.5. The van der Waals surface area contributed by atoms with E-state index in [0.29, 0.717) is 30.1 Å². The van der Waals surface area contributed by atoms with Crippen LogP contribution in [0.2, 0.25) is 0 Å². The Morgan fingerprint density at radius 3 is 2.58 bits per heavy atom. The van der Waals surface area contributed by atoms with Crippen LogP contribution >= 0.6 is 11.3 Å². The molecule has 0 saturated carbocycles. The van der Waals surface area contributed by atoms with Gasteiger partial charge in [-0.15, -0.1) is 11.3 Å². The third kappa shape index (κ3) is 9.76. The number of anilines is 1. The highest BCUT2D eigenvalue weighted by Gasteiger charge is 2.57. The maximum atomic E-state index is 13.6. The molecule has 6 N–H and O–H groups in total. The average molecular weight is 807 g/mol. The number of carbonyl (C=O) groups is 4. The first-order chi connectivity index (χ1) is 25.7. The van der Waals surface area contributed by atoms with Gasteiger partial charge in [0.1, 0.15) is 17.6 Å². The maximum absolute atomic E-state index is 13.6. The summed E-state index contributed by atoms with van der Waals surface area (Å²) in [5, 5.41) is 34.2. The minimum atomic E-state index is -5.26. The van der Waals surface area contributed by atoms with Gasteiger partial charge in [0.2, 0.25) is 10.4 Å². The molecule has 2 aliphatic rings. The zero-order valence-electron chi connectivity index (χ0n) is 30.1. The van der Waals surface area contributed by atoms with Crippen LogP contribution in [0.1, 0.15) is 57.1 Å². The number of nitrogens with two attached hydrogens (primary N) is 2. The van der Waals surface area contributed by atoms with Crippen LogP contribution in [0, 0.1) is 5.92 Å². The number of β-lactam (4-membered cyclic amide) rings is 1. The third-order valence-corrected chi connectivity index (χ3v) is 10.2. The fraction of sp³-hybridized carbons (Fsp3) is 0.455. The zero-order chi connectivity index (χ0) is 40.9. The Hall–Kier alpha value is -5.13. The van der Waals surface area contributed by atoms with E-state index in [0.717, 1.165) is 33.9 Å². The summed E-state index contributed by atoms with van der Waals surface area (Å²) in [6.07, 6.45) is 3.15. The molecular weight excluding hydrogens is 767 g/mol. The third-order valence-electron chi connectivity index (χ3n) is 9.23. The normalized spacial score (nSPS) is 19.4. The number of aliphatic hydroxyl groups is 1. The lowest BCUT2D eigenvalue weighted by Crippen LogP contribution is -2.68. The zero-order valence-corrected chi connectivity index (χ0v) is 31.7. The number of hydrogen-bond donors (Lipinski definition) is 4. The molecule has 1 fully saturated rings. The summed E-state index contributed by atoms with van der Waals surface area (Å²) in [5.41, 5.74) is 9.88. The van der Waals surface area contributed by atoms with Crippen molar-refractivity contribution in [2.75, 3.05) is 12.3 Å². The molecule has 4 atom stereocenters. The van der Waals surface area contributed by atoms with Crippen LogP contribution in [-0.4, -0.2) is 98.0 Å². The molecule has 2 aliphatic heterocycles. The highest BCUT2D eigenvalue weighted by molar-refractivity contribution is 7.80. The number of aryl methyl sites for hydroxylation is 3. The molecular formula is C33H40N7O13S2-. The van der Waals surface area contributed by atoms with Crippen molar-refractivity contribution in [3.05, 3.63) is 53.1 Å². The number of aromatic nitrogens is 3. The first kappa shape index (κ1) is 42.6. The number of nitrogen functional groups attached to an aromatic ring is 1. The van der Waals surface area contributed by atoms with Gasteiger partial charge in [-0.2, -0.15) is 9.35 Å². The number of Topliss-reactive ketones (excluding diaryl/α,β-unsaturated/α-hetero) is 1. The summed E-state index contributed by atoms with van der Waals surface area (Å²) in [6, 6.07) is 5.48. The van der Waals surface area contributed by atoms with Crippen molar-refractivity contribution in [1.82, 2.24) is 15.0 Å². The fourth-order valence-corrected chi connectivity index (χ4v) is 6.97. The number of rotatable bonds is 15. The molecule has 4 heterocycles. The maximum Gasteiger partial charge on any atom is 0.354 e. The molecule has 0 spiro atoms. The number of hydrogen-bond acceptors (Lipinski definition) is 18. The van der Waals surface area contributed by atoms with Crippen molar-refractivity contribution in [2.24, 2.45) is 23.9 Å². The predicted octanol–water partition coefficient (Wildman–Crippen LogP) is -1.22. The molecule has 0 unspecified atom stereocenters. The van der Waals surface area contributed by atoms with E-state index >= 15 is 0 Å². The SMILES string of the molecule is C[n+]1cc(-c2ccc3c(c2)CC[C@H]([C@](C)(O/N=C(\C(=O)C[C@@H]2C(=O)N(OS(=O)(=O)[O-])C2(C)C)c2csc(N)n2)C(=O)O)O3)cnc1CC[C@H](O)CN.O=C[O-]. The Morgan fingerprint density at radius 1 is 1.33 bits per heavy atom.